The highest BCUT2D eigenvalue weighted by Crippen LogP contribution is 2.13. The lowest BCUT2D eigenvalue weighted by Gasteiger charge is -2.01. The zero-order valence-electron chi connectivity index (χ0n) is 8.21. The Hall–Kier alpha value is -1.32. The molecule has 16 heavy (non-hydrogen) atoms. The van der Waals surface area contributed by atoms with Gasteiger partial charge in [-0.1, -0.05) is 35.3 Å². The van der Waals surface area contributed by atoms with E-state index in [2.05, 4.69) is 10.2 Å². The first-order valence-corrected chi connectivity index (χ1v) is 5.39. The summed E-state index contributed by atoms with van der Waals surface area (Å²) in [7, 11) is 0. The largest absolute Gasteiger partial charge is 0.282 e. The number of H-pyrrole nitrogens is 1. The topological polar surface area (TPSA) is 45.8 Å². The SMILES string of the molecule is O=c1[nH]nc(Cc2ccc(Cl)cc2)cc1Cl. The van der Waals surface area contributed by atoms with E-state index >= 15 is 0 Å². The third-order valence-corrected chi connectivity index (χ3v) is 2.64. The molecule has 0 saturated carbocycles. The summed E-state index contributed by atoms with van der Waals surface area (Å²) in [5.74, 6) is 0. The third-order valence-electron chi connectivity index (χ3n) is 2.11. The van der Waals surface area contributed by atoms with E-state index in [0.717, 1.165) is 5.56 Å². The molecule has 0 radical (unpaired) electrons. The van der Waals surface area contributed by atoms with Crippen LogP contribution < -0.4 is 5.56 Å². The number of aromatic amines is 1. The summed E-state index contributed by atoms with van der Waals surface area (Å²) in [4.78, 5) is 11.0. The van der Waals surface area contributed by atoms with Gasteiger partial charge in [-0.05, 0) is 23.8 Å². The lowest BCUT2D eigenvalue weighted by atomic mass is 10.1. The molecule has 1 N–H and O–H groups in total. The molecule has 0 atom stereocenters. The van der Waals surface area contributed by atoms with Crippen LogP contribution in [0.3, 0.4) is 0 Å². The number of aromatic nitrogens is 2. The molecule has 82 valence electrons. The molecular weight excluding hydrogens is 247 g/mol. The number of rotatable bonds is 2. The molecular formula is C11H8Cl2N2O. The Morgan fingerprint density at radius 1 is 1.19 bits per heavy atom. The second kappa shape index (κ2) is 4.68. The van der Waals surface area contributed by atoms with Crippen molar-refractivity contribution in [2.75, 3.05) is 0 Å². The molecule has 1 heterocycles. The van der Waals surface area contributed by atoms with Crippen LogP contribution in [0.15, 0.2) is 35.1 Å². The van der Waals surface area contributed by atoms with Crippen molar-refractivity contribution < 1.29 is 0 Å². The number of hydrogen-bond donors (Lipinski definition) is 1. The average Bonchev–Trinajstić information content (AvgIpc) is 2.27. The molecule has 0 aliphatic heterocycles. The molecule has 0 unspecified atom stereocenters. The van der Waals surface area contributed by atoms with E-state index in [9.17, 15) is 4.79 Å². The molecule has 0 aliphatic rings. The number of nitrogens with one attached hydrogen (secondary N) is 1. The van der Waals surface area contributed by atoms with Crippen LogP contribution in [0.1, 0.15) is 11.3 Å². The second-order valence-electron chi connectivity index (χ2n) is 3.34. The third kappa shape index (κ3) is 2.62. The molecule has 1 aromatic heterocycles. The van der Waals surface area contributed by atoms with Crippen molar-refractivity contribution in [2.24, 2.45) is 0 Å². The van der Waals surface area contributed by atoms with E-state index in [1.807, 2.05) is 24.3 Å². The minimum absolute atomic E-state index is 0.152. The van der Waals surface area contributed by atoms with Gasteiger partial charge < -0.3 is 0 Å². The van der Waals surface area contributed by atoms with E-state index < -0.39 is 0 Å². The standard InChI is InChI=1S/C11H8Cl2N2O/c12-8-3-1-7(2-4-8)5-9-6-10(13)11(16)15-14-9/h1-4,6H,5H2,(H,15,16). The van der Waals surface area contributed by atoms with Crippen molar-refractivity contribution in [3.63, 3.8) is 0 Å². The van der Waals surface area contributed by atoms with Gasteiger partial charge in [0.2, 0.25) is 0 Å². The molecule has 0 spiro atoms. The first-order valence-electron chi connectivity index (χ1n) is 4.64. The summed E-state index contributed by atoms with van der Waals surface area (Å²) < 4.78 is 0. The Morgan fingerprint density at radius 3 is 2.50 bits per heavy atom. The smallest absolute Gasteiger partial charge is 0.266 e. The fraction of sp³-hybridized carbons (Fsp3) is 0.0909. The summed E-state index contributed by atoms with van der Waals surface area (Å²) in [6, 6.07) is 9.00. The van der Waals surface area contributed by atoms with E-state index in [0.29, 0.717) is 17.1 Å². The van der Waals surface area contributed by atoms with Crippen LogP contribution in [-0.4, -0.2) is 10.2 Å². The number of halogens is 2. The van der Waals surface area contributed by atoms with E-state index in [4.69, 9.17) is 23.2 Å². The van der Waals surface area contributed by atoms with Crippen molar-refractivity contribution >= 4 is 23.2 Å². The minimum atomic E-state index is -0.374. The second-order valence-corrected chi connectivity index (χ2v) is 4.18. The van der Waals surface area contributed by atoms with Crippen LogP contribution >= 0.6 is 23.2 Å². The number of benzene rings is 1. The van der Waals surface area contributed by atoms with Gasteiger partial charge in [-0.25, -0.2) is 5.10 Å². The monoisotopic (exact) mass is 254 g/mol. The van der Waals surface area contributed by atoms with Gasteiger partial charge in [0.1, 0.15) is 5.02 Å². The van der Waals surface area contributed by atoms with Gasteiger partial charge in [0, 0.05) is 11.4 Å². The lowest BCUT2D eigenvalue weighted by Crippen LogP contribution is -2.10. The van der Waals surface area contributed by atoms with Gasteiger partial charge in [-0.15, -0.1) is 0 Å². The summed E-state index contributed by atoms with van der Waals surface area (Å²) in [6.07, 6.45) is 0.605. The van der Waals surface area contributed by atoms with Gasteiger partial charge in [0.05, 0.1) is 5.69 Å². The van der Waals surface area contributed by atoms with Gasteiger partial charge in [0.25, 0.3) is 5.56 Å². The maximum Gasteiger partial charge on any atom is 0.282 e. The molecule has 2 rings (SSSR count). The van der Waals surface area contributed by atoms with Crippen LogP contribution in [-0.2, 0) is 6.42 Å². The lowest BCUT2D eigenvalue weighted by molar-refractivity contribution is 0.911. The molecule has 0 bridgehead atoms. The number of nitrogens with zero attached hydrogens (tertiary/aromatic N) is 1. The Bertz CT molecular complexity index is 549. The summed E-state index contributed by atoms with van der Waals surface area (Å²) in [5.41, 5.74) is 1.40. The molecule has 0 amide bonds. The van der Waals surface area contributed by atoms with Gasteiger partial charge in [-0.2, -0.15) is 5.10 Å². The molecule has 1 aromatic carbocycles. The first kappa shape index (κ1) is 11.2. The van der Waals surface area contributed by atoms with Gasteiger partial charge in [0.15, 0.2) is 0 Å². The van der Waals surface area contributed by atoms with Crippen LogP contribution in [0.4, 0.5) is 0 Å². The fourth-order valence-corrected chi connectivity index (χ4v) is 1.62. The quantitative estimate of drug-likeness (QED) is 0.896. The van der Waals surface area contributed by atoms with Crippen molar-refractivity contribution in [2.45, 2.75) is 6.42 Å². The number of hydrogen-bond acceptors (Lipinski definition) is 2. The summed E-state index contributed by atoms with van der Waals surface area (Å²) in [5, 5.41) is 7.08. The Balaban J connectivity index is 2.23. The van der Waals surface area contributed by atoms with Crippen LogP contribution in [0.5, 0.6) is 0 Å². The van der Waals surface area contributed by atoms with Crippen molar-refractivity contribution in [3.8, 4) is 0 Å². The van der Waals surface area contributed by atoms with E-state index in [1.54, 1.807) is 6.07 Å². The molecule has 2 aromatic rings. The fourth-order valence-electron chi connectivity index (χ4n) is 1.32. The highest BCUT2D eigenvalue weighted by molar-refractivity contribution is 6.30. The highest BCUT2D eigenvalue weighted by Gasteiger charge is 2.02. The van der Waals surface area contributed by atoms with E-state index in [1.165, 1.54) is 0 Å². The Labute approximate surface area is 102 Å². The summed E-state index contributed by atoms with van der Waals surface area (Å²) in [6.45, 7) is 0. The van der Waals surface area contributed by atoms with Crippen molar-refractivity contribution in [1.29, 1.82) is 0 Å². The predicted molar refractivity (Wildman–Crippen MR) is 64.1 cm³/mol. The maximum absolute atomic E-state index is 11.0. The molecule has 0 fully saturated rings. The highest BCUT2D eigenvalue weighted by atomic mass is 35.5. The van der Waals surface area contributed by atoms with Crippen LogP contribution in [0, 0.1) is 0 Å². The van der Waals surface area contributed by atoms with Crippen molar-refractivity contribution in [1.82, 2.24) is 10.2 Å². The molecule has 5 heteroatoms. The zero-order chi connectivity index (χ0) is 11.5. The molecule has 0 aliphatic carbocycles. The Kier molecular flexibility index (Phi) is 3.27. The van der Waals surface area contributed by atoms with Gasteiger partial charge >= 0.3 is 0 Å². The van der Waals surface area contributed by atoms with Crippen LogP contribution in [0.25, 0.3) is 0 Å². The minimum Gasteiger partial charge on any atom is -0.266 e. The maximum atomic E-state index is 11.0. The normalized spacial score (nSPS) is 10.4. The predicted octanol–water partition coefficient (Wildman–Crippen LogP) is 2.67. The molecule has 3 nitrogen and oxygen atoms in total. The van der Waals surface area contributed by atoms with Crippen LogP contribution in [0.2, 0.25) is 10.0 Å². The van der Waals surface area contributed by atoms with E-state index in [-0.39, 0.29) is 10.6 Å². The van der Waals surface area contributed by atoms with Gasteiger partial charge in [-0.3, -0.25) is 4.79 Å². The first-order chi connectivity index (χ1) is 7.65. The Morgan fingerprint density at radius 2 is 1.88 bits per heavy atom. The zero-order valence-corrected chi connectivity index (χ0v) is 9.72. The summed E-state index contributed by atoms with van der Waals surface area (Å²) >= 11 is 11.5. The van der Waals surface area contributed by atoms with Crippen molar-refractivity contribution in [3.05, 3.63) is 62.0 Å². The molecule has 0 saturated heterocycles. The average molecular weight is 255 g/mol.